The highest BCUT2D eigenvalue weighted by Crippen LogP contribution is 2.16. The topological polar surface area (TPSA) is 92.8 Å². The molecule has 1 fully saturated rings. The molecule has 0 aromatic heterocycles. The Bertz CT molecular complexity index is 578. The lowest BCUT2D eigenvalue weighted by molar-refractivity contribution is -0.137. The van der Waals surface area contributed by atoms with E-state index in [0.717, 1.165) is 0 Å². The molecule has 1 heterocycles. The van der Waals surface area contributed by atoms with Gasteiger partial charge in [-0.25, -0.2) is 4.79 Å². The van der Waals surface area contributed by atoms with Crippen LogP contribution in [-0.2, 0) is 19.1 Å². The van der Waals surface area contributed by atoms with E-state index < -0.39 is 11.8 Å². The number of rotatable bonds is 4. The van der Waals surface area contributed by atoms with Crippen LogP contribution in [0.1, 0.15) is 17.3 Å². The predicted molar refractivity (Wildman–Crippen MR) is 72.8 cm³/mol. The minimum absolute atomic E-state index is 0.0664. The summed E-state index contributed by atoms with van der Waals surface area (Å²) in [4.78, 5) is 47.2. The molecule has 0 bridgehead atoms. The molecule has 1 N–H and O–H groups in total. The molecular formula is C14H14N2O5. The molecule has 1 aromatic rings. The first kappa shape index (κ1) is 14.7. The summed E-state index contributed by atoms with van der Waals surface area (Å²) < 4.78 is 4.64. The van der Waals surface area contributed by atoms with Crippen molar-refractivity contribution >= 4 is 29.3 Å². The minimum Gasteiger partial charge on any atom is -0.460 e. The number of hydrogen-bond donors (Lipinski definition) is 1. The van der Waals surface area contributed by atoms with Crippen LogP contribution in [0.2, 0.25) is 0 Å². The Balaban J connectivity index is 2.12. The number of ketones is 1. The number of carbonyl (C=O) groups excluding carboxylic acids is 4. The Morgan fingerprint density at radius 3 is 2.24 bits per heavy atom. The summed E-state index contributed by atoms with van der Waals surface area (Å²) in [5.41, 5.74) is 0.823. The quantitative estimate of drug-likeness (QED) is 0.360. The molecule has 7 nitrogen and oxygen atoms in total. The summed E-state index contributed by atoms with van der Waals surface area (Å²) in [5, 5.41) is 2.20. The SMILES string of the molecule is CCOC(=O)C(=O)c1ccc(N2CC(=O)NC(=O)C2)cc1. The maximum Gasteiger partial charge on any atom is 0.379 e. The minimum atomic E-state index is -0.905. The van der Waals surface area contributed by atoms with Crippen molar-refractivity contribution in [1.29, 1.82) is 0 Å². The molecule has 21 heavy (non-hydrogen) atoms. The zero-order valence-electron chi connectivity index (χ0n) is 11.4. The molecule has 2 amide bonds. The standard InChI is InChI=1S/C14H14N2O5/c1-2-21-14(20)13(19)9-3-5-10(6-4-9)16-7-11(17)15-12(18)8-16/h3-6H,2,7-8H2,1H3,(H,15,17,18). The molecule has 0 aliphatic carbocycles. The van der Waals surface area contributed by atoms with Crippen molar-refractivity contribution in [2.24, 2.45) is 0 Å². The van der Waals surface area contributed by atoms with Crippen molar-refractivity contribution in [1.82, 2.24) is 5.32 Å². The van der Waals surface area contributed by atoms with Crippen molar-refractivity contribution in [3.05, 3.63) is 29.8 Å². The molecule has 1 aromatic carbocycles. The number of esters is 1. The smallest absolute Gasteiger partial charge is 0.379 e. The Morgan fingerprint density at radius 2 is 1.71 bits per heavy atom. The van der Waals surface area contributed by atoms with E-state index in [2.05, 4.69) is 10.1 Å². The third kappa shape index (κ3) is 3.44. The van der Waals surface area contributed by atoms with Gasteiger partial charge < -0.3 is 9.64 Å². The fraction of sp³-hybridized carbons (Fsp3) is 0.286. The van der Waals surface area contributed by atoms with E-state index in [4.69, 9.17) is 0 Å². The summed E-state index contributed by atoms with van der Waals surface area (Å²) in [7, 11) is 0. The normalized spacial score (nSPS) is 14.6. The third-order valence-electron chi connectivity index (χ3n) is 2.90. The Hall–Kier alpha value is -2.70. The van der Waals surface area contributed by atoms with Crippen molar-refractivity contribution in [3.63, 3.8) is 0 Å². The second-order valence-corrected chi connectivity index (χ2v) is 4.42. The van der Waals surface area contributed by atoms with E-state index in [-0.39, 0.29) is 37.1 Å². The largest absolute Gasteiger partial charge is 0.460 e. The van der Waals surface area contributed by atoms with Crippen LogP contribution in [0.3, 0.4) is 0 Å². The van der Waals surface area contributed by atoms with Crippen LogP contribution in [0.5, 0.6) is 0 Å². The van der Waals surface area contributed by atoms with Gasteiger partial charge in [-0.3, -0.25) is 19.7 Å². The highest BCUT2D eigenvalue weighted by atomic mass is 16.5. The highest BCUT2D eigenvalue weighted by molar-refractivity contribution is 6.40. The molecule has 1 aliphatic heterocycles. The number of nitrogens with one attached hydrogen (secondary N) is 1. The van der Waals surface area contributed by atoms with E-state index in [1.807, 2.05) is 0 Å². The number of nitrogens with zero attached hydrogens (tertiary/aromatic N) is 1. The summed E-state index contributed by atoms with van der Waals surface area (Å²) in [6.07, 6.45) is 0. The van der Waals surface area contributed by atoms with Crippen molar-refractivity contribution in [2.75, 3.05) is 24.6 Å². The number of piperazine rings is 1. The Labute approximate surface area is 120 Å². The lowest BCUT2D eigenvalue weighted by atomic mass is 10.1. The third-order valence-corrected chi connectivity index (χ3v) is 2.90. The second-order valence-electron chi connectivity index (χ2n) is 4.42. The van der Waals surface area contributed by atoms with Gasteiger partial charge in [0, 0.05) is 11.3 Å². The summed E-state index contributed by atoms with van der Waals surface area (Å²) in [5.74, 6) is -2.38. The van der Waals surface area contributed by atoms with E-state index in [9.17, 15) is 19.2 Å². The van der Waals surface area contributed by atoms with Gasteiger partial charge in [-0.15, -0.1) is 0 Å². The monoisotopic (exact) mass is 290 g/mol. The first-order valence-electron chi connectivity index (χ1n) is 6.40. The van der Waals surface area contributed by atoms with Gasteiger partial charge in [-0.2, -0.15) is 0 Å². The predicted octanol–water partition coefficient (Wildman–Crippen LogP) is -0.105. The van der Waals surface area contributed by atoms with Crippen LogP contribution >= 0.6 is 0 Å². The van der Waals surface area contributed by atoms with Gasteiger partial charge in [-0.1, -0.05) is 0 Å². The van der Waals surface area contributed by atoms with Gasteiger partial charge in [0.15, 0.2) is 0 Å². The van der Waals surface area contributed by atoms with E-state index in [1.54, 1.807) is 24.0 Å². The van der Waals surface area contributed by atoms with Gasteiger partial charge in [0.1, 0.15) is 0 Å². The maximum absolute atomic E-state index is 11.7. The molecule has 1 aliphatic rings. The van der Waals surface area contributed by atoms with Crippen LogP contribution in [0.25, 0.3) is 0 Å². The summed E-state index contributed by atoms with van der Waals surface area (Å²) in [6.45, 7) is 1.88. The lowest BCUT2D eigenvalue weighted by Crippen LogP contribution is -2.51. The molecular weight excluding hydrogens is 276 g/mol. The van der Waals surface area contributed by atoms with Gasteiger partial charge in [0.25, 0.3) is 5.78 Å². The molecule has 1 saturated heterocycles. The molecule has 7 heteroatoms. The average Bonchev–Trinajstić information content (AvgIpc) is 2.46. The van der Waals surface area contributed by atoms with Gasteiger partial charge in [0.2, 0.25) is 11.8 Å². The number of Topliss-reactive ketones (excluding diaryl/α,β-unsaturated/α-hetero) is 1. The van der Waals surface area contributed by atoms with Crippen LogP contribution in [0, 0.1) is 0 Å². The Morgan fingerprint density at radius 1 is 1.14 bits per heavy atom. The maximum atomic E-state index is 11.7. The second kappa shape index (κ2) is 6.17. The first-order valence-corrected chi connectivity index (χ1v) is 6.40. The lowest BCUT2D eigenvalue weighted by Gasteiger charge is -2.27. The van der Waals surface area contributed by atoms with E-state index in [1.165, 1.54) is 12.1 Å². The van der Waals surface area contributed by atoms with Gasteiger partial charge in [-0.05, 0) is 31.2 Å². The zero-order valence-corrected chi connectivity index (χ0v) is 11.4. The van der Waals surface area contributed by atoms with Gasteiger partial charge >= 0.3 is 5.97 Å². The molecule has 2 rings (SSSR count). The number of imide groups is 1. The summed E-state index contributed by atoms with van der Waals surface area (Å²) in [6, 6.07) is 6.09. The number of benzene rings is 1. The fourth-order valence-electron chi connectivity index (χ4n) is 1.96. The van der Waals surface area contributed by atoms with Crippen molar-refractivity contribution in [2.45, 2.75) is 6.92 Å². The first-order chi connectivity index (χ1) is 10.0. The Kier molecular flexibility index (Phi) is 4.32. The number of amides is 2. The summed E-state index contributed by atoms with van der Waals surface area (Å²) >= 11 is 0. The number of ether oxygens (including phenoxy) is 1. The van der Waals surface area contributed by atoms with E-state index >= 15 is 0 Å². The van der Waals surface area contributed by atoms with Gasteiger partial charge in [0.05, 0.1) is 19.7 Å². The molecule has 0 saturated carbocycles. The van der Waals surface area contributed by atoms with Crippen LogP contribution in [0.15, 0.2) is 24.3 Å². The molecule has 0 spiro atoms. The van der Waals surface area contributed by atoms with Crippen LogP contribution in [-0.4, -0.2) is 43.3 Å². The van der Waals surface area contributed by atoms with Crippen LogP contribution < -0.4 is 10.2 Å². The van der Waals surface area contributed by atoms with E-state index in [0.29, 0.717) is 5.69 Å². The molecule has 110 valence electrons. The average molecular weight is 290 g/mol. The molecule has 0 unspecified atom stereocenters. The van der Waals surface area contributed by atoms with Crippen molar-refractivity contribution < 1.29 is 23.9 Å². The zero-order chi connectivity index (χ0) is 15.4. The molecule has 0 atom stereocenters. The highest BCUT2D eigenvalue weighted by Gasteiger charge is 2.23. The van der Waals surface area contributed by atoms with Crippen molar-refractivity contribution in [3.8, 4) is 0 Å². The number of hydrogen-bond acceptors (Lipinski definition) is 6. The number of anilines is 1. The number of carbonyl (C=O) groups is 4. The molecule has 0 radical (unpaired) electrons. The fourth-order valence-corrected chi connectivity index (χ4v) is 1.96. The van der Waals surface area contributed by atoms with Crippen LogP contribution in [0.4, 0.5) is 5.69 Å².